The van der Waals surface area contributed by atoms with E-state index in [1.54, 1.807) is 29.0 Å². The first-order chi connectivity index (χ1) is 8.97. The van der Waals surface area contributed by atoms with E-state index in [9.17, 15) is 9.59 Å². The van der Waals surface area contributed by atoms with Crippen LogP contribution in [0.25, 0.3) is 0 Å². The average Bonchev–Trinajstić information content (AvgIpc) is 2.36. The lowest BCUT2D eigenvalue weighted by Crippen LogP contribution is -2.19. The van der Waals surface area contributed by atoms with Gasteiger partial charge in [0.15, 0.2) is 0 Å². The summed E-state index contributed by atoms with van der Waals surface area (Å²) in [4.78, 5) is 22.6. The van der Waals surface area contributed by atoms with Gasteiger partial charge in [0.25, 0.3) is 5.56 Å². The summed E-state index contributed by atoms with van der Waals surface area (Å²) in [5, 5.41) is 8.82. The van der Waals surface area contributed by atoms with Gasteiger partial charge in [-0.3, -0.25) is 4.79 Å². The normalized spacial score (nSPS) is 10.4. The minimum absolute atomic E-state index is 0.0805. The number of halogens is 1. The molecule has 4 nitrogen and oxygen atoms in total. The molecular weight excluding hydrogens is 310 g/mol. The van der Waals surface area contributed by atoms with Crippen molar-refractivity contribution in [2.24, 2.45) is 0 Å². The molecule has 98 valence electrons. The van der Waals surface area contributed by atoms with E-state index in [2.05, 4.69) is 15.9 Å². The summed E-state index contributed by atoms with van der Waals surface area (Å²) in [6, 6.07) is 8.06. The van der Waals surface area contributed by atoms with Crippen molar-refractivity contribution in [1.29, 1.82) is 0 Å². The van der Waals surface area contributed by atoms with E-state index in [4.69, 9.17) is 5.11 Å². The van der Waals surface area contributed by atoms with Gasteiger partial charge >= 0.3 is 5.97 Å². The molecule has 0 saturated carbocycles. The second-order valence-corrected chi connectivity index (χ2v) is 5.13. The van der Waals surface area contributed by atoms with E-state index in [0.29, 0.717) is 6.54 Å². The number of carbonyl (C=O) groups is 1. The molecule has 1 aromatic carbocycles. The Hall–Kier alpha value is -1.88. The number of rotatable bonds is 3. The third kappa shape index (κ3) is 3.12. The predicted molar refractivity (Wildman–Crippen MR) is 75.6 cm³/mol. The molecule has 2 aromatic rings. The molecule has 0 amide bonds. The Morgan fingerprint density at radius 1 is 1.32 bits per heavy atom. The number of hydrogen-bond acceptors (Lipinski definition) is 2. The highest BCUT2D eigenvalue weighted by Gasteiger charge is 2.04. The first-order valence-corrected chi connectivity index (χ1v) is 6.45. The molecular formula is C14H12BrNO3. The Morgan fingerprint density at radius 3 is 2.53 bits per heavy atom. The number of nitrogens with zero attached hydrogens (tertiary/aromatic N) is 1. The van der Waals surface area contributed by atoms with E-state index in [1.165, 1.54) is 12.1 Å². The van der Waals surface area contributed by atoms with Gasteiger partial charge in [-0.25, -0.2) is 4.79 Å². The fourth-order valence-corrected chi connectivity index (χ4v) is 2.07. The van der Waals surface area contributed by atoms with Gasteiger partial charge in [-0.05, 0) is 46.1 Å². The standard InChI is InChI=1S/C14H12BrNO3/c1-9-6-13(17)16(8-12(9)15)7-10-2-4-11(5-3-10)14(18)19/h2-6,8H,7H2,1H3,(H,18,19). The highest BCUT2D eigenvalue weighted by Crippen LogP contribution is 2.13. The van der Waals surface area contributed by atoms with Crippen molar-refractivity contribution in [3.63, 3.8) is 0 Å². The van der Waals surface area contributed by atoms with Crippen LogP contribution in [-0.2, 0) is 6.54 Å². The van der Waals surface area contributed by atoms with E-state index in [0.717, 1.165) is 15.6 Å². The van der Waals surface area contributed by atoms with Crippen LogP contribution in [0.15, 0.2) is 45.8 Å². The number of hydrogen-bond donors (Lipinski definition) is 1. The van der Waals surface area contributed by atoms with Gasteiger partial charge in [-0.1, -0.05) is 12.1 Å². The molecule has 0 unspecified atom stereocenters. The van der Waals surface area contributed by atoms with E-state index < -0.39 is 5.97 Å². The molecule has 2 rings (SSSR count). The number of benzene rings is 1. The molecule has 0 aliphatic heterocycles. The molecule has 1 aromatic heterocycles. The summed E-state index contributed by atoms with van der Waals surface area (Å²) in [7, 11) is 0. The van der Waals surface area contributed by atoms with Crippen LogP contribution in [0, 0.1) is 6.92 Å². The van der Waals surface area contributed by atoms with Crippen molar-refractivity contribution in [3.05, 3.63) is 68.0 Å². The van der Waals surface area contributed by atoms with E-state index >= 15 is 0 Å². The third-order valence-corrected chi connectivity index (χ3v) is 3.65. The maximum Gasteiger partial charge on any atom is 0.335 e. The minimum atomic E-state index is -0.957. The Labute approximate surface area is 118 Å². The van der Waals surface area contributed by atoms with Crippen LogP contribution in [0.3, 0.4) is 0 Å². The molecule has 0 atom stereocenters. The SMILES string of the molecule is Cc1cc(=O)n(Cc2ccc(C(=O)O)cc2)cc1Br. The van der Waals surface area contributed by atoms with Crippen LogP contribution in [0.1, 0.15) is 21.5 Å². The van der Waals surface area contributed by atoms with E-state index in [1.807, 2.05) is 6.92 Å². The molecule has 5 heteroatoms. The predicted octanol–water partition coefficient (Wildman–Crippen LogP) is 2.67. The van der Waals surface area contributed by atoms with Crippen LogP contribution < -0.4 is 5.56 Å². The Morgan fingerprint density at radius 2 is 1.95 bits per heavy atom. The summed E-state index contributed by atoms with van der Waals surface area (Å²) in [6.07, 6.45) is 1.74. The molecule has 1 N–H and O–H groups in total. The molecule has 0 fully saturated rings. The average molecular weight is 322 g/mol. The van der Waals surface area contributed by atoms with Crippen LogP contribution in [0.4, 0.5) is 0 Å². The van der Waals surface area contributed by atoms with Crippen molar-refractivity contribution in [1.82, 2.24) is 4.57 Å². The van der Waals surface area contributed by atoms with Crippen LogP contribution in [0.2, 0.25) is 0 Å². The second kappa shape index (κ2) is 5.40. The zero-order valence-electron chi connectivity index (χ0n) is 10.3. The van der Waals surface area contributed by atoms with E-state index in [-0.39, 0.29) is 11.1 Å². The van der Waals surface area contributed by atoms with Crippen LogP contribution >= 0.6 is 15.9 Å². The summed E-state index contributed by atoms with van der Waals surface area (Å²) in [5.41, 5.74) is 1.93. The van der Waals surface area contributed by atoms with Crippen molar-refractivity contribution < 1.29 is 9.90 Å². The molecule has 0 spiro atoms. The van der Waals surface area contributed by atoms with Crippen molar-refractivity contribution >= 4 is 21.9 Å². The van der Waals surface area contributed by atoms with Gasteiger partial charge in [0, 0.05) is 16.7 Å². The molecule has 1 heterocycles. The van der Waals surface area contributed by atoms with Crippen molar-refractivity contribution in [2.75, 3.05) is 0 Å². The monoisotopic (exact) mass is 321 g/mol. The smallest absolute Gasteiger partial charge is 0.335 e. The van der Waals surface area contributed by atoms with Gasteiger partial charge in [0.05, 0.1) is 12.1 Å². The first-order valence-electron chi connectivity index (χ1n) is 5.66. The lowest BCUT2D eigenvalue weighted by Gasteiger charge is -2.08. The van der Waals surface area contributed by atoms with Crippen molar-refractivity contribution in [3.8, 4) is 0 Å². The van der Waals surface area contributed by atoms with Crippen LogP contribution in [0.5, 0.6) is 0 Å². The van der Waals surface area contributed by atoms with Gasteiger partial charge < -0.3 is 9.67 Å². The molecule has 0 bridgehead atoms. The third-order valence-electron chi connectivity index (χ3n) is 2.82. The lowest BCUT2D eigenvalue weighted by atomic mass is 10.1. The van der Waals surface area contributed by atoms with Crippen LogP contribution in [-0.4, -0.2) is 15.6 Å². The quantitative estimate of drug-likeness (QED) is 0.945. The molecule has 0 radical (unpaired) electrons. The number of pyridine rings is 1. The fourth-order valence-electron chi connectivity index (χ4n) is 1.71. The Kier molecular flexibility index (Phi) is 3.85. The summed E-state index contributed by atoms with van der Waals surface area (Å²) in [5.74, 6) is -0.957. The van der Waals surface area contributed by atoms with Gasteiger partial charge in [0.2, 0.25) is 0 Å². The maximum atomic E-state index is 11.8. The zero-order valence-corrected chi connectivity index (χ0v) is 11.8. The Bertz CT molecular complexity index is 674. The van der Waals surface area contributed by atoms with Gasteiger partial charge in [0.1, 0.15) is 0 Å². The first kappa shape index (κ1) is 13.5. The number of aryl methyl sites for hydroxylation is 1. The summed E-state index contributed by atoms with van der Waals surface area (Å²) >= 11 is 3.39. The Balaban J connectivity index is 2.29. The number of carboxylic acids is 1. The highest BCUT2D eigenvalue weighted by atomic mass is 79.9. The highest BCUT2D eigenvalue weighted by molar-refractivity contribution is 9.10. The van der Waals surface area contributed by atoms with Gasteiger partial charge in [-0.15, -0.1) is 0 Å². The topological polar surface area (TPSA) is 59.3 Å². The fraction of sp³-hybridized carbons (Fsp3) is 0.143. The largest absolute Gasteiger partial charge is 0.478 e. The summed E-state index contributed by atoms with van der Waals surface area (Å²) in [6.45, 7) is 2.27. The second-order valence-electron chi connectivity index (χ2n) is 4.27. The minimum Gasteiger partial charge on any atom is -0.478 e. The maximum absolute atomic E-state index is 11.8. The lowest BCUT2D eigenvalue weighted by molar-refractivity contribution is 0.0697. The molecule has 0 aliphatic carbocycles. The number of aromatic carboxylic acids is 1. The molecule has 19 heavy (non-hydrogen) atoms. The number of aromatic nitrogens is 1. The molecule has 0 aliphatic rings. The zero-order chi connectivity index (χ0) is 14.0. The van der Waals surface area contributed by atoms with Crippen molar-refractivity contribution in [2.45, 2.75) is 13.5 Å². The summed E-state index contributed by atoms with van der Waals surface area (Å²) < 4.78 is 2.45. The van der Waals surface area contributed by atoms with Gasteiger partial charge in [-0.2, -0.15) is 0 Å². The number of carboxylic acid groups (broad SMARTS) is 1. The molecule has 0 saturated heterocycles.